The molecule has 0 aliphatic rings. The SMILES string of the molecule is Cc1ccc(-c2c(-c3cc4c(C(C)(C)C)cc(C(C)(C)C)cc4cc3C(C)(C)C)cccc2P(O)(O)(O)c2cc3c(C(C)(C)C)cc(C(C)(C)C)cc3cc2C(C)(C)C)cc1. The summed E-state index contributed by atoms with van der Waals surface area (Å²) in [7, 11) is -5.98. The van der Waals surface area contributed by atoms with Gasteiger partial charge in [-0.25, -0.2) is 0 Å². The Morgan fingerprint density at radius 2 is 0.803 bits per heavy atom. The molecule has 0 unspecified atom stereocenters. The van der Waals surface area contributed by atoms with E-state index in [-0.39, 0.29) is 37.7 Å². The fourth-order valence-corrected chi connectivity index (χ4v) is 11.5. The molecular formula is C57H75O3P. The third-order valence-corrected chi connectivity index (χ3v) is 15.2. The van der Waals surface area contributed by atoms with Crippen molar-refractivity contribution in [2.24, 2.45) is 0 Å². The van der Waals surface area contributed by atoms with Crippen LogP contribution in [0.3, 0.4) is 0 Å². The number of hydrogen-bond donors (Lipinski definition) is 3. The van der Waals surface area contributed by atoms with Gasteiger partial charge in [0.2, 0.25) is 0 Å². The van der Waals surface area contributed by atoms with Gasteiger partial charge in [-0.05, 0) is 0 Å². The molecule has 0 bridgehead atoms. The maximum absolute atomic E-state index is 13.4. The molecule has 0 radical (unpaired) electrons. The zero-order valence-corrected chi connectivity index (χ0v) is 41.8. The standard InChI is InChI=1S/C57H75O3P/c1-35-23-25-36(26-24-35)51-41(44-33-42-37(29-45(44)54(8,9)10)27-39(52(2,3)4)31-46(42)55(11,12)13)21-20-22-49(51)61(58,59,60)50-34-43-38(30-48(50)57(17,18)19)28-40(53(5,6)7)32-47(43)56(14,15)16/h20-34,58-60H,1-19H3. The van der Waals surface area contributed by atoms with Gasteiger partial charge < -0.3 is 0 Å². The van der Waals surface area contributed by atoms with Crippen LogP contribution in [0.1, 0.15) is 164 Å². The predicted molar refractivity (Wildman–Crippen MR) is 269 cm³/mol. The molecule has 0 aromatic heterocycles. The van der Waals surface area contributed by atoms with Gasteiger partial charge in [0.15, 0.2) is 0 Å². The van der Waals surface area contributed by atoms with Crippen molar-refractivity contribution in [1.82, 2.24) is 0 Å². The second-order valence-electron chi connectivity index (χ2n) is 24.3. The van der Waals surface area contributed by atoms with Crippen LogP contribution < -0.4 is 10.6 Å². The predicted octanol–water partition coefficient (Wildman–Crippen LogP) is 14.6. The second-order valence-corrected chi connectivity index (χ2v) is 27.2. The summed E-state index contributed by atoms with van der Waals surface area (Å²) < 4.78 is 0. The van der Waals surface area contributed by atoms with Crippen LogP contribution in [0.15, 0.2) is 91.0 Å². The minimum atomic E-state index is -5.98. The van der Waals surface area contributed by atoms with Crippen molar-refractivity contribution in [3.8, 4) is 22.3 Å². The summed E-state index contributed by atoms with van der Waals surface area (Å²) in [5.41, 5.74) is 9.77. The monoisotopic (exact) mass is 839 g/mol. The summed E-state index contributed by atoms with van der Waals surface area (Å²) in [5.74, 6) is 0. The Morgan fingerprint density at radius 1 is 0.377 bits per heavy atom. The van der Waals surface area contributed by atoms with Crippen molar-refractivity contribution < 1.29 is 14.7 Å². The first kappa shape index (κ1) is 46.6. The normalized spacial score (nSPS) is 14.4. The average Bonchev–Trinajstić information content (AvgIpc) is 3.10. The Morgan fingerprint density at radius 3 is 1.23 bits per heavy atom. The van der Waals surface area contributed by atoms with E-state index >= 15 is 0 Å². The molecule has 3 N–H and O–H groups in total. The van der Waals surface area contributed by atoms with E-state index in [4.69, 9.17) is 0 Å². The van der Waals surface area contributed by atoms with Gasteiger partial charge >= 0.3 is 370 Å². The quantitative estimate of drug-likeness (QED) is 0.155. The molecule has 326 valence electrons. The zero-order chi connectivity index (χ0) is 45.9. The van der Waals surface area contributed by atoms with E-state index in [2.05, 4.69) is 204 Å². The van der Waals surface area contributed by atoms with Crippen LogP contribution in [0.2, 0.25) is 0 Å². The van der Waals surface area contributed by atoms with Crippen molar-refractivity contribution in [3.63, 3.8) is 0 Å². The van der Waals surface area contributed by atoms with Gasteiger partial charge in [0.1, 0.15) is 0 Å². The third-order valence-electron chi connectivity index (χ3n) is 12.7. The third kappa shape index (κ3) is 8.88. The number of rotatable bonds is 4. The zero-order valence-electron chi connectivity index (χ0n) is 40.9. The Balaban J connectivity index is 1.81. The summed E-state index contributed by atoms with van der Waals surface area (Å²) >= 11 is 0. The van der Waals surface area contributed by atoms with Crippen molar-refractivity contribution in [2.45, 2.75) is 164 Å². The van der Waals surface area contributed by atoms with Gasteiger partial charge in [-0.15, -0.1) is 0 Å². The molecule has 0 aliphatic heterocycles. The topological polar surface area (TPSA) is 60.7 Å². The van der Waals surface area contributed by atoms with Gasteiger partial charge in [0.25, 0.3) is 0 Å². The summed E-state index contributed by atoms with van der Waals surface area (Å²) in [4.78, 5) is 40.1. The van der Waals surface area contributed by atoms with Crippen LogP contribution in [-0.4, -0.2) is 14.7 Å². The van der Waals surface area contributed by atoms with E-state index in [0.717, 1.165) is 44.2 Å². The maximum atomic E-state index is 13.4. The molecule has 3 nitrogen and oxygen atoms in total. The van der Waals surface area contributed by atoms with Gasteiger partial charge in [0.05, 0.1) is 0 Å². The molecule has 61 heavy (non-hydrogen) atoms. The van der Waals surface area contributed by atoms with Gasteiger partial charge in [-0.3, -0.25) is 0 Å². The molecular weight excluding hydrogens is 764 g/mol. The Labute approximate surface area is 368 Å². The van der Waals surface area contributed by atoms with Crippen molar-refractivity contribution in [3.05, 3.63) is 130 Å². The molecule has 0 aliphatic carbocycles. The summed E-state index contributed by atoms with van der Waals surface area (Å²) in [6.45, 7) is 42.0. The average molecular weight is 839 g/mol. The van der Waals surface area contributed by atoms with E-state index in [1.165, 1.54) is 27.5 Å². The molecule has 0 spiro atoms. The summed E-state index contributed by atoms with van der Waals surface area (Å²) in [6, 6.07) is 31.9. The van der Waals surface area contributed by atoms with Gasteiger partial charge in [-0.2, -0.15) is 0 Å². The van der Waals surface area contributed by atoms with Crippen LogP contribution >= 0.6 is 7.28 Å². The number of fused-ring (bicyclic) bond motifs is 2. The molecule has 0 saturated heterocycles. The van der Waals surface area contributed by atoms with Crippen molar-refractivity contribution in [1.29, 1.82) is 0 Å². The number of hydrogen-bond acceptors (Lipinski definition) is 3. The fraction of sp³-hybridized carbons (Fsp3) is 0.439. The van der Waals surface area contributed by atoms with E-state index in [9.17, 15) is 14.7 Å². The minimum absolute atomic E-state index is 0.0374. The molecule has 4 heteroatoms. The molecule has 0 heterocycles. The molecule has 0 saturated carbocycles. The molecule has 6 aromatic carbocycles. The van der Waals surface area contributed by atoms with Crippen LogP contribution in [-0.2, 0) is 32.5 Å². The molecule has 0 atom stereocenters. The number of benzene rings is 6. The molecule has 6 aromatic rings. The van der Waals surface area contributed by atoms with Crippen LogP contribution in [0, 0.1) is 6.92 Å². The van der Waals surface area contributed by atoms with Crippen molar-refractivity contribution in [2.75, 3.05) is 0 Å². The van der Waals surface area contributed by atoms with Crippen LogP contribution in [0.5, 0.6) is 0 Å². The fourth-order valence-electron chi connectivity index (χ4n) is 8.96. The van der Waals surface area contributed by atoms with Gasteiger partial charge in [-0.1, -0.05) is 0 Å². The van der Waals surface area contributed by atoms with Gasteiger partial charge in [0, 0.05) is 0 Å². The second kappa shape index (κ2) is 14.6. The first-order valence-corrected chi connectivity index (χ1v) is 24.3. The first-order chi connectivity index (χ1) is 27.5. The molecule has 6 rings (SSSR count). The van der Waals surface area contributed by atoms with Crippen molar-refractivity contribution >= 4 is 39.4 Å². The van der Waals surface area contributed by atoms with E-state index < -0.39 is 12.7 Å². The van der Waals surface area contributed by atoms with Crippen LogP contribution in [0.25, 0.3) is 43.8 Å². The molecule has 0 amide bonds. The van der Waals surface area contributed by atoms with E-state index in [1.54, 1.807) is 6.07 Å². The summed E-state index contributed by atoms with van der Waals surface area (Å²) in [6.07, 6.45) is 0. The van der Waals surface area contributed by atoms with E-state index in [0.29, 0.717) is 11.1 Å². The van der Waals surface area contributed by atoms with Crippen LogP contribution in [0.4, 0.5) is 0 Å². The Bertz CT molecular complexity index is 2660. The first-order valence-electron chi connectivity index (χ1n) is 22.2. The number of aryl methyl sites for hydroxylation is 1. The summed E-state index contributed by atoms with van der Waals surface area (Å²) in [5, 5.41) is 4.63. The van der Waals surface area contributed by atoms with E-state index in [1.807, 2.05) is 12.1 Å². The Hall–Kier alpha value is -3.85. The molecule has 0 fully saturated rings. The Kier molecular flexibility index (Phi) is 11.2.